The van der Waals surface area contributed by atoms with Crippen molar-refractivity contribution in [2.75, 3.05) is 11.9 Å². The summed E-state index contributed by atoms with van der Waals surface area (Å²) in [7, 11) is 0. The Morgan fingerprint density at radius 3 is 2.76 bits per heavy atom. The summed E-state index contributed by atoms with van der Waals surface area (Å²) in [4.78, 5) is 27.0. The molecule has 0 bridgehead atoms. The number of carbonyl (C=O) groups excluding carboxylic acids is 2. The van der Waals surface area contributed by atoms with E-state index in [-0.39, 0.29) is 5.91 Å². The number of unbranched alkanes of at least 4 members (excludes halogenated alkanes) is 2. The lowest BCUT2D eigenvalue weighted by Crippen LogP contribution is -2.29. The molecule has 0 unspecified atom stereocenters. The van der Waals surface area contributed by atoms with Gasteiger partial charge in [0.15, 0.2) is 5.13 Å². The van der Waals surface area contributed by atoms with Crippen LogP contribution in [0.4, 0.5) is 9.93 Å². The lowest BCUT2D eigenvalue weighted by molar-refractivity contribution is -0.116. The molecule has 134 valence electrons. The standard InChI is InChI=1S/C18H24N4O2S/c1-12-7-8-13(2)14(10-12)15-11-25-18(21-15)22-16(23)6-4-3-5-9-20-17(19)24/h7-8,10-11H,3-6,9H2,1-2H3,(H3,19,20,24)(H,21,22,23). The van der Waals surface area contributed by atoms with Gasteiger partial charge in [0.25, 0.3) is 0 Å². The van der Waals surface area contributed by atoms with E-state index in [2.05, 4.69) is 47.7 Å². The Morgan fingerprint density at radius 2 is 2.00 bits per heavy atom. The number of thiazole rings is 1. The molecule has 4 N–H and O–H groups in total. The molecule has 0 atom stereocenters. The number of hydrogen-bond donors (Lipinski definition) is 3. The molecule has 1 heterocycles. The number of benzene rings is 1. The first-order chi connectivity index (χ1) is 12.0. The normalized spacial score (nSPS) is 10.5. The van der Waals surface area contributed by atoms with Gasteiger partial charge in [0, 0.05) is 23.9 Å². The zero-order valence-electron chi connectivity index (χ0n) is 14.6. The summed E-state index contributed by atoms with van der Waals surface area (Å²) in [6.45, 7) is 4.65. The average Bonchev–Trinajstić information content (AvgIpc) is 3.01. The number of aromatic nitrogens is 1. The summed E-state index contributed by atoms with van der Waals surface area (Å²) in [6.07, 6.45) is 2.88. The van der Waals surface area contributed by atoms with E-state index in [1.165, 1.54) is 22.5 Å². The minimum absolute atomic E-state index is 0.0373. The maximum atomic E-state index is 12.0. The van der Waals surface area contributed by atoms with Crippen LogP contribution < -0.4 is 16.4 Å². The molecule has 0 radical (unpaired) electrons. The molecular weight excluding hydrogens is 336 g/mol. The summed E-state index contributed by atoms with van der Waals surface area (Å²) >= 11 is 1.43. The predicted molar refractivity (Wildman–Crippen MR) is 102 cm³/mol. The highest BCUT2D eigenvalue weighted by Gasteiger charge is 2.10. The maximum Gasteiger partial charge on any atom is 0.312 e. The first kappa shape index (κ1) is 18.9. The Kier molecular flexibility index (Phi) is 6.94. The lowest BCUT2D eigenvalue weighted by Gasteiger charge is -2.04. The van der Waals surface area contributed by atoms with Gasteiger partial charge in [0.1, 0.15) is 0 Å². The number of carbonyl (C=O) groups is 2. The van der Waals surface area contributed by atoms with Crippen molar-refractivity contribution < 1.29 is 9.59 Å². The third-order valence-electron chi connectivity index (χ3n) is 3.80. The molecule has 1 aromatic carbocycles. The van der Waals surface area contributed by atoms with E-state index in [9.17, 15) is 9.59 Å². The third-order valence-corrected chi connectivity index (χ3v) is 4.56. The van der Waals surface area contributed by atoms with Gasteiger partial charge in [0.05, 0.1) is 5.69 Å². The van der Waals surface area contributed by atoms with Gasteiger partial charge in [-0.3, -0.25) is 4.79 Å². The Hall–Kier alpha value is -2.41. The molecule has 0 saturated heterocycles. The number of nitrogens with two attached hydrogens (primary N) is 1. The zero-order valence-corrected chi connectivity index (χ0v) is 15.4. The molecule has 25 heavy (non-hydrogen) atoms. The van der Waals surface area contributed by atoms with Crippen LogP contribution in [0.1, 0.15) is 36.8 Å². The van der Waals surface area contributed by atoms with Crippen LogP contribution in [0.15, 0.2) is 23.6 Å². The second kappa shape index (κ2) is 9.17. The first-order valence-electron chi connectivity index (χ1n) is 8.32. The van der Waals surface area contributed by atoms with Crippen molar-refractivity contribution in [2.24, 2.45) is 5.73 Å². The number of anilines is 1. The van der Waals surface area contributed by atoms with E-state index in [0.717, 1.165) is 30.5 Å². The maximum absolute atomic E-state index is 12.0. The Morgan fingerprint density at radius 1 is 1.20 bits per heavy atom. The summed E-state index contributed by atoms with van der Waals surface area (Å²) in [5.41, 5.74) is 9.32. The summed E-state index contributed by atoms with van der Waals surface area (Å²) < 4.78 is 0. The number of nitrogens with zero attached hydrogens (tertiary/aromatic N) is 1. The average molecular weight is 360 g/mol. The van der Waals surface area contributed by atoms with E-state index < -0.39 is 6.03 Å². The van der Waals surface area contributed by atoms with Crippen molar-refractivity contribution in [2.45, 2.75) is 39.5 Å². The van der Waals surface area contributed by atoms with Gasteiger partial charge >= 0.3 is 6.03 Å². The first-order valence-corrected chi connectivity index (χ1v) is 9.20. The van der Waals surface area contributed by atoms with Crippen LogP contribution in [0.3, 0.4) is 0 Å². The van der Waals surface area contributed by atoms with E-state index in [1.807, 2.05) is 5.38 Å². The van der Waals surface area contributed by atoms with E-state index in [4.69, 9.17) is 5.73 Å². The largest absolute Gasteiger partial charge is 0.352 e. The number of aryl methyl sites for hydroxylation is 2. The second-order valence-electron chi connectivity index (χ2n) is 6.01. The fourth-order valence-corrected chi connectivity index (χ4v) is 3.17. The highest BCUT2D eigenvalue weighted by atomic mass is 32.1. The highest BCUT2D eigenvalue weighted by Crippen LogP contribution is 2.28. The summed E-state index contributed by atoms with van der Waals surface area (Å²) in [5, 5.41) is 7.97. The van der Waals surface area contributed by atoms with Crippen molar-refractivity contribution in [3.63, 3.8) is 0 Å². The predicted octanol–water partition coefficient (Wildman–Crippen LogP) is 3.59. The van der Waals surface area contributed by atoms with E-state index in [1.54, 1.807) is 0 Å². The van der Waals surface area contributed by atoms with Gasteiger partial charge in [-0.1, -0.05) is 24.1 Å². The zero-order chi connectivity index (χ0) is 18.2. The summed E-state index contributed by atoms with van der Waals surface area (Å²) in [5.74, 6) is -0.0373. The number of rotatable bonds is 8. The molecule has 7 heteroatoms. The Bertz CT molecular complexity index is 742. The number of primary amides is 1. The van der Waals surface area contributed by atoms with Gasteiger partial charge in [-0.15, -0.1) is 11.3 Å². The van der Waals surface area contributed by atoms with E-state index >= 15 is 0 Å². The summed E-state index contributed by atoms with van der Waals surface area (Å²) in [6, 6.07) is 5.75. The molecule has 0 aliphatic rings. The SMILES string of the molecule is Cc1ccc(C)c(-c2csc(NC(=O)CCCCCNC(N)=O)n2)c1. The molecule has 3 amide bonds. The van der Waals surface area contributed by atoms with Crippen LogP contribution in [0.25, 0.3) is 11.3 Å². The van der Waals surface area contributed by atoms with Crippen molar-refractivity contribution in [1.29, 1.82) is 0 Å². The molecule has 2 rings (SSSR count). The molecule has 0 aliphatic heterocycles. The Balaban J connectivity index is 1.79. The van der Waals surface area contributed by atoms with Crippen LogP contribution in [0, 0.1) is 13.8 Å². The number of nitrogens with one attached hydrogen (secondary N) is 2. The monoisotopic (exact) mass is 360 g/mol. The highest BCUT2D eigenvalue weighted by molar-refractivity contribution is 7.14. The third kappa shape index (κ3) is 6.19. The Labute approximate surface area is 151 Å². The van der Waals surface area contributed by atoms with Crippen molar-refractivity contribution in [1.82, 2.24) is 10.3 Å². The number of amides is 3. The van der Waals surface area contributed by atoms with E-state index in [0.29, 0.717) is 18.1 Å². The van der Waals surface area contributed by atoms with Gasteiger partial charge in [-0.05, 0) is 38.3 Å². The van der Waals surface area contributed by atoms with Crippen molar-refractivity contribution in [3.8, 4) is 11.3 Å². The molecule has 6 nitrogen and oxygen atoms in total. The molecular formula is C18H24N4O2S. The van der Waals surface area contributed by atoms with Gasteiger partial charge in [-0.25, -0.2) is 9.78 Å². The minimum Gasteiger partial charge on any atom is -0.352 e. The van der Waals surface area contributed by atoms with Gasteiger partial charge in [-0.2, -0.15) is 0 Å². The molecule has 2 aromatic rings. The van der Waals surface area contributed by atoms with Crippen LogP contribution >= 0.6 is 11.3 Å². The van der Waals surface area contributed by atoms with Crippen LogP contribution in [-0.2, 0) is 4.79 Å². The minimum atomic E-state index is -0.513. The van der Waals surface area contributed by atoms with Crippen LogP contribution in [0.5, 0.6) is 0 Å². The number of hydrogen-bond acceptors (Lipinski definition) is 4. The fraction of sp³-hybridized carbons (Fsp3) is 0.389. The molecule has 0 saturated carbocycles. The molecule has 1 aromatic heterocycles. The van der Waals surface area contributed by atoms with Gasteiger partial charge < -0.3 is 16.4 Å². The van der Waals surface area contributed by atoms with Crippen molar-refractivity contribution in [3.05, 3.63) is 34.7 Å². The van der Waals surface area contributed by atoms with Crippen LogP contribution in [-0.4, -0.2) is 23.5 Å². The van der Waals surface area contributed by atoms with Crippen LogP contribution in [0.2, 0.25) is 0 Å². The molecule has 0 aliphatic carbocycles. The number of urea groups is 1. The molecule has 0 spiro atoms. The fourth-order valence-electron chi connectivity index (χ4n) is 2.45. The smallest absolute Gasteiger partial charge is 0.312 e. The quantitative estimate of drug-likeness (QED) is 0.628. The van der Waals surface area contributed by atoms with Crippen molar-refractivity contribution >= 4 is 28.4 Å². The molecule has 0 fully saturated rings. The lowest BCUT2D eigenvalue weighted by atomic mass is 10.0. The topological polar surface area (TPSA) is 97.1 Å². The van der Waals surface area contributed by atoms with Gasteiger partial charge in [0.2, 0.25) is 5.91 Å². The second-order valence-corrected chi connectivity index (χ2v) is 6.86.